The molecular formula is C13H24N2O3. The number of aliphatic carboxylic acids is 1. The number of rotatable bonds is 7. The molecule has 0 fully saturated rings. The number of carboxylic acid groups (broad SMARTS) is 1. The van der Waals surface area contributed by atoms with Crippen molar-refractivity contribution in [2.75, 3.05) is 33.7 Å². The molecule has 104 valence electrons. The highest BCUT2D eigenvalue weighted by Crippen LogP contribution is 2.03. The first-order valence-corrected chi connectivity index (χ1v) is 6.05. The van der Waals surface area contributed by atoms with Crippen LogP contribution in [0.3, 0.4) is 0 Å². The number of hydrogen-bond donors (Lipinski definition) is 1. The Kier molecular flexibility index (Phi) is 7.27. The van der Waals surface area contributed by atoms with E-state index in [4.69, 9.17) is 5.11 Å². The highest BCUT2D eigenvalue weighted by atomic mass is 16.4. The second-order valence-corrected chi connectivity index (χ2v) is 5.05. The molecule has 0 aliphatic rings. The molecule has 0 aliphatic carbocycles. The van der Waals surface area contributed by atoms with Crippen LogP contribution in [-0.4, -0.2) is 60.5 Å². The Morgan fingerprint density at radius 3 is 2.17 bits per heavy atom. The number of carbonyl (C=O) groups is 2. The third kappa shape index (κ3) is 7.06. The molecule has 0 saturated heterocycles. The van der Waals surface area contributed by atoms with E-state index in [-0.39, 0.29) is 12.5 Å². The standard InChI is InChI=1S/C13H24N2O3/c1-10(2)8-12(16)15(7-6-14(4)5)9-11(3)13(17)18/h8,11H,6-7,9H2,1-5H3,(H,17,18). The van der Waals surface area contributed by atoms with E-state index < -0.39 is 11.9 Å². The molecule has 18 heavy (non-hydrogen) atoms. The average Bonchev–Trinajstić information content (AvgIpc) is 2.21. The molecule has 1 unspecified atom stereocenters. The summed E-state index contributed by atoms with van der Waals surface area (Å²) in [6.45, 7) is 6.81. The van der Waals surface area contributed by atoms with Crippen LogP contribution < -0.4 is 0 Å². The maximum absolute atomic E-state index is 12.0. The van der Waals surface area contributed by atoms with Crippen LogP contribution in [0.2, 0.25) is 0 Å². The van der Waals surface area contributed by atoms with Crippen LogP contribution in [0.1, 0.15) is 20.8 Å². The van der Waals surface area contributed by atoms with Gasteiger partial charge >= 0.3 is 5.97 Å². The summed E-state index contributed by atoms with van der Waals surface area (Å²) < 4.78 is 0. The van der Waals surface area contributed by atoms with Crippen molar-refractivity contribution >= 4 is 11.9 Å². The average molecular weight is 256 g/mol. The van der Waals surface area contributed by atoms with Crippen LogP contribution >= 0.6 is 0 Å². The van der Waals surface area contributed by atoms with Crippen LogP contribution in [-0.2, 0) is 9.59 Å². The van der Waals surface area contributed by atoms with Gasteiger partial charge in [-0.15, -0.1) is 0 Å². The smallest absolute Gasteiger partial charge is 0.308 e. The Balaban J connectivity index is 4.66. The van der Waals surface area contributed by atoms with E-state index in [0.29, 0.717) is 13.1 Å². The maximum atomic E-state index is 12.0. The second kappa shape index (κ2) is 7.87. The van der Waals surface area contributed by atoms with E-state index in [0.717, 1.165) is 5.57 Å². The number of likely N-dealkylation sites (N-methyl/N-ethyl adjacent to an activating group) is 1. The van der Waals surface area contributed by atoms with E-state index in [9.17, 15) is 9.59 Å². The second-order valence-electron chi connectivity index (χ2n) is 5.05. The molecule has 0 aliphatic heterocycles. The Bertz CT molecular complexity index is 320. The summed E-state index contributed by atoms with van der Waals surface area (Å²) in [5.74, 6) is -1.55. The minimum absolute atomic E-state index is 0.120. The van der Waals surface area contributed by atoms with Gasteiger partial charge in [-0.25, -0.2) is 0 Å². The van der Waals surface area contributed by atoms with Crippen molar-refractivity contribution in [2.45, 2.75) is 20.8 Å². The van der Waals surface area contributed by atoms with Gasteiger partial charge in [0, 0.05) is 25.7 Å². The number of amides is 1. The van der Waals surface area contributed by atoms with Crippen LogP contribution in [0.4, 0.5) is 0 Å². The van der Waals surface area contributed by atoms with E-state index in [1.165, 1.54) is 0 Å². The molecule has 1 atom stereocenters. The normalized spacial score (nSPS) is 12.1. The number of carbonyl (C=O) groups excluding carboxylic acids is 1. The van der Waals surface area contributed by atoms with Gasteiger partial charge in [-0.05, 0) is 27.9 Å². The van der Waals surface area contributed by atoms with Gasteiger partial charge in [0.25, 0.3) is 0 Å². The van der Waals surface area contributed by atoms with E-state index >= 15 is 0 Å². The largest absolute Gasteiger partial charge is 0.481 e. The van der Waals surface area contributed by atoms with Crippen molar-refractivity contribution in [3.63, 3.8) is 0 Å². The van der Waals surface area contributed by atoms with Crippen molar-refractivity contribution in [2.24, 2.45) is 5.92 Å². The number of nitrogens with zero attached hydrogens (tertiary/aromatic N) is 2. The maximum Gasteiger partial charge on any atom is 0.308 e. The van der Waals surface area contributed by atoms with Crippen molar-refractivity contribution in [3.05, 3.63) is 11.6 Å². The predicted molar refractivity (Wildman–Crippen MR) is 71.4 cm³/mol. The van der Waals surface area contributed by atoms with Crippen LogP contribution in [0.15, 0.2) is 11.6 Å². The highest BCUT2D eigenvalue weighted by molar-refractivity contribution is 5.88. The molecule has 0 bridgehead atoms. The SMILES string of the molecule is CC(C)=CC(=O)N(CCN(C)C)CC(C)C(=O)O. The molecule has 0 aromatic rings. The third-order valence-corrected chi connectivity index (χ3v) is 2.46. The first kappa shape index (κ1) is 16.6. The molecule has 1 amide bonds. The van der Waals surface area contributed by atoms with Gasteiger partial charge in [-0.2, -0.15) is 0 Å². The fourth-order valence-corrected chi connectivity index (χ4v) is 1.36. The van der Waals surface area contributed by atoms with Crippen LogP contribution in [0, 0.1) is 5.92 Å². The third-order valence-electron chi connectivity index (χ3n) is 2.46. The number of allylic oxidation sites excluding steroid dienone is 1. The molecule has 5 heteroatoms. The van der Waals surface area contributed by atoms with Gasteiger partial charge in [-0.1, -0.05) is 12.5 Å². The molecule has 0 spiro atoms. The lowest BCUT2D eigenvalue weighted by atomic mass is 10.1. The summed E-state index contributed by atoms with van der Waals surface area (Å²) in [6.07, 6.45) is 1.55. The molecule has 0 heterocycles. The van der Waals surface area contributed by atoms with E-state index in [2.05, 4.69) is 0 Å². The molecule has 0 radical (unpaired) electrons. The fraction of sp³-hybridized carbons (Fsp3) is 0.692. The highest BCUT2D eigenvalue weighted by Gasteiger charge is 2.19. The first-order valence-electron chi connectivity index (χ1n) is 6.05. The quantitative estimate of drug-likeness (QED) is 0.692. The Morgan fingerprint density at radius 1 is 1.22 bits per heavy atom. The molecule has 0 aromatic heterocycles. The van der Waals surface area contributed by atoms with Gasteiger partial charge in [-0.3, -0.25) is 9.59 Å². The summed E-state index contributed by atoms with van der Waals surface area (Å²) in [5, 5.41) is 8.91. The van der Waals surface area contributed by atoms with E-state index in [1.54, 1.807) is 17.9 Å². The summed E-state index contributed by atoms with van der Waals surface area (Å²) >= 11 is 0. The fourth-order valence-electron chi connectivity index (χ4n) is 1.36. The van der Waals surface area contributed by atoms with E-state index in [1.807, 2.05) is 32.8 Å². The molecule has 0 aromatic carbocycles. The monoisotopic (exact) mass is 256 g/mol. The molecule has 0 rings (SSSR count). The van der Waals surface area contributed by atoms with Gasteiger partial charge in [0.15, 0.2) is 0 Å². The van der Waals surface area contributed by atoms with Gasteiger partial charge < -0.3 is 14.9 Å². The van der Waals surface area contributed by atoms with Crippen LogP contribution in [0.25, 0.3) is 0 Å². The summed E-state index contributed by atoms with van der Waals surface area (Å²) in [4.78, 5) is 26.4. The zero-order chi connectivity index (χ0) is 14.3. The topological polar surface area (TPSA) is 60.9 Å². The summed E-state index contributed by atoms with van der Waals surface area (Å²) in [6, 6.07) is 0. The van der Waals surface area contributed by atoms with Crippen LogP contribution in [0.5, 0.6) is 0 Å². The van der Waals surface area contributed by atoms with Crippen molar-refractivity contribution in [1.29, 1.82) is 0 Å². The Labute approximate surface area is 109 Å². The van der Waals surface area contributed by atoms with Crippen molar-refractivity contribution in [3.8, 4) is 0 Å². The number of carboxylic acids is 1. The minimum Gasteiger partial charge on any atom is -0.481 e. The summed E-state index contributed by atoms with van der Waals surface area (Å²) in [5.41, 5.74) is 0.915. The van der Waals surface area contributed by atoms with Gasteiger partial charge in [0.05, 0.1) is 5.92 Å². The summed E-state index contributed by atoms with van der Waals surface area (Å²) in [7, 11) is 3.84. The molecular weight excluding hydrogens is 232 g/mol. The molecule has 5 nitrogen and oxygen atoms in total. The minimum atomic E-state index is -0.880. The van der Waals surface area contributed by atoms with Crippen molar-refractivity contribution < 1.29 is 14.7 Å². The lowest BCUT2D eigenvalue weighted by molar-refractivity contribution is -0.142. The Morgan fingerprint density at radius 2 is 1.78 bits per heavy atom. The van der Waals surface area contributed by atoms with Crippen molar-refractivity contribution in [1.82, 2.24) is 9.80 Å². The first-order chi connectivity index (χ1) is 8.23. The number of hydrogen-bond acceptors (Lipinski definition) is 3. The predicted octanol–water partition coefficient (Wildman–Crippen LogP) is 1.06. The lowest BCUT2D eigenvalue weighted by Crippen LogP contribution is -2.40. The van der Waals surface area contributed by atoms with Gasteiger partial charge in [0.1, 0.15) is 0 Å². The molecule has 0 saturated carbocycles. The zero-order valence-electron chi connectivity index (χ0n) is 11.9. The van der Waals surface area contributed by atoms with Gasteiger partial charge in [0.2, 0.25) is 5.91 Å². The zero-order valence-corrected chi connectivity index (χ0v) is 11.9. The Hall–Kier alpha value is -1.36. The lowest BCUT2D eigenvalue weighted by Gasteiger charge is -2.25. The molecule has 1 N–H and O–H groups in total.